The second-order valence-electron chi connectivity index (χ2n) is 4.62. The standard InChI is InChI=1S/C15H18N4O/c1-4-13-11(9-10(2)17-18-13)15(20)19(3)14-8-6-5-7-12(14)16/h5-9H,4,16H2,1-3H3. The predicted octanol–water partition coefficient (Wildman–Crippen LogP) is 2.21. The highest BCUT2D eigenvalue weighted by Gasteiger charge is 2.19. The quantitative estimate of drug-likeness (QED) is 0.868. The smallest absolute Gasteiger partial charge is 0.260 e. The minimum absolute atomic E-state index is 0.127. The molecule has 5 heteroatoms. The van der Waals surface area contributed by atoms with Gasteiger partial charge in [-0.1, -0.05) is 19.1 Å². The molecule has 1 heterocycles. The van der Waals surface area contributed by atoms with Crippen molar-refractivity contribution < 1.29 is 4.79 Å². The number of carbonyl (C=O) groups is 1. The van der Waals surface area contributed by atoms with E-state index in [9.17, 15) is 4.79 Å². The fraction of sp³-hybridized carbons (Fsp3) is 0.267. The molecule has 20 heavy (non-hydrogen) atoms. The van der Waals surface area contributed by atoms with Gasteiger partial charge in [0.1, 0.15) is 0 Å². The van der Waals surface area contributed by atoms with Crippen LogP contribution in [0.3, 0.4) is 0 Å². The van der Waals surface area contributed by atoms with Crippen molar-refractivity contribution >= 4 is 17.3 Å². The molecule has 1 amide bonds. The van der Waals surface area contributed by atoms with E-state index in [2.05, 4.69) is 10.2 Å². The maximum atomic E-state index is 12.6. The summed E-state index contributed by atoms with van der Waals surface area (Å²) >= 11 is 0. The number of anilines is 2. The third-order valence-electron chi connectivity index (χ3n) is 3.16. The number of para-hydroxylation sites is 2. The summed E-state index contributed by atoms with van der Waals surface area (Å²) < 4.78 is 0. The topological polar surface area (TPSA) is 72.1 Å². The highest BCUT2D eigenvalue weighted by molar-refractivity contribution is 6.07. The number of nitrogens with zero attached hydrogens (tertiary/aromatic N) is 3. The zero-order chi connectivity index (χ0) is 14.7. The molecular formula is C15H18N4O. The maximum Gasteiger partial charge on any atom is 0.260 e. The molecule has 0 aliphatic carbocycles. The van der Waals surface area contributed by atoms with Crippen molar-refractivity contribution in [2.75, 3.05) is 17.7 Å². The third kappa shape index (κ3) is 2.61. The number of amides is 1. The third-order valence-corrected chi connectivity index (χ3v) is 3.16. The van der Waals surface area contributed by atoms with Crippen LogP contribution in [-0.2, 0) is 6.42 Å². The Morgan fingerprint density at radius 1 is 1.30 bits per heavy atom. The van der Waals surface area contributed by atoms with Crippen molar-refractivity contribution in [3.8, 4) is 0 Å². The Kier molecular flexibility index (Phi) is 3.98. The van der Waals surface area contributed by atoms with Gasteiger partial charge < -0.3 is 10.6 Å². The van der Waals surface area contributed by atoms with Crippen molar-refractivity contribution in [2.24, 2.45) is 0 Å². The minimum Gasteiger partial charge on any atom is -0.397 e. The van der Waals surface area contributed by atoms with Crippen LogP contribution in [0.5, 0.6) is 0 Å². The molecule has 1 aromatic heterocycles. The predicted molar refractivity (Wildman–Crippen MR) is 79.7 cm³/mol. The first-order valence-corrected chi connectivity index (χ1v) is 6.50. The summed E-state index contributed by atoms with van der Waals surface area (Å²) in [4.78, 5) is 14.2. The van der Waals surface area contributed by atoms with Crippen molar-refractivity contribution in [1.29, 1.82) is 0 Å². The second-order valence-corrected chi connectivity index (χ2v) is 4.62. The lowest BCUT2D eigenvalue weighted by molar-refractivity contribution is 0.0991. The maximum absolute atomic E-state index is 12.6. The Labute approximate surface area is 118 Å². The molecule has 0 fully saturated rings. The number of aromatic nitrogens is 2. The molecule has 104 valence electrons. The Bertz CT molecular complexity index is 640. The van der Waals surface area contributed by atoms with E-state index >= 15 is 0 Å². The van der Waals surface area contributed by atoms with Gasteiger partial charge in [-0.2, -0.15) is 10.2 Å². The number of hydrogen-bond donors (Lipinski definition) is 1. The molecule has 0 radical (unpaired) electrons. The summed E-state index contributed by atoms with van der Waals surface area (Å²) in [5.74, 6) is -0.127. The van der Waals surface area contributed by atoms with E-state index < -0.39 is 0 Å². The average Bonchev–Trinajstić information content (AvgIpc) is 2.46. The van der Waals surface area contributed by atoms with E-state index in [1.165, 1.54) is 0 Å². The molecule has 0 atom stereocenters. The lowest BCUT2D eigenvalue weighted by Gasteiger charge is -2.20. The first-order chi connectivity index (χ1) is 9.54. The number of aryl methyl sites for hydroxylation is 2. The average molecular weight is 270 g/mol. The lowest BCUT2D eigenvalue weighted by atomic mass is 10.1. The molecule has 0 aliphatic heterocycles. The van der Waals surface area contributed by atoms with Gasteiger partial charge >= 0.3 is 0 Å². The van der Waals surface area contributed by atoms with E-state index in [0.29, 0.717) is 29.1 Å². The van der Waals surface area contributed by atoms with Gasteiger partial charge in [-0.05, 0) is 31.5 Å². The molecule has 0 saturated heterocycles. The minimum atomic E-state index is -0.127. The van der Waals surface area contributed by atoms with Crippen molar-refractivity contribution in [1.82, 2.24) is 10.2 Å². The van der Waals surface area contributed by atoms with Crippen LogP contribution >= 0.6 is 0 Å². The Morgan fingerprint density at radius 2 is 2.00 bits per heavy atom. The fourth-order valence-corrected chi connectivity index (χ4v) is 2.04. The highest BCUT2D eigenvalue weighted by atomic mass is 16.2. The molecular weight excluding hydrogens is 252 g/mol. The Morgan fingerprint density at radius 3 is 2.65 bits per heavy atom. The summed E-state index contributed by atoms with van der Waals surface area (Å²) in [6.45, 7) is 3.77. The van der Waals surface area contributed by atoms with Crippen LogP contribution in [0, 0.1) is 6.92 Å². The largest absolute Gasteiger partial charge is 0.397 e. The zero-order valence-electron chi connectivity index (χ0n) is 11.9. The molecule has 2 N–H and O–H groups in total. The van der Waals surface area contributed by atoms with Gasteiger partial charge in [0, 0.05) is 7.05 Å². The molecule has 0 bridgehead atoms. The van der Waals surface area contributed by atoms with Crippen molar-refractivity contribution in [2.45, 2.75) is 20.3 Å². The molecule has 0 spiro atoms. The summed E-state index contributed by atoms with van der Waals surface area (Å²) in [5, 5.41) is 8.08. The highest BCUT2D eigenvalue weighted by Crippen LogP contribution is 2.23. The number of rotatable bonds is 3. The number of carbonyl (C=O) groups excluding carboxylic acids is 1. The van der Waals surface area contributed by atoms with Gasteiger partial charge in [-0.3, -0.25) is 4.79 Å². The molecule has 0 aliphatic rings. The van der Waals surface area contributed by atoms with Gasteiger partial charge in [0.2, 0.25) is 0 Å². The summed E-state index contributed by atoms with van der Waals surface area (Å²) in [6.07, 6.45) is 0.659. The van der Waals surface area contributed by atoms with Crippen LogP contribution in [0.2, 0.25) is 0 Å². The normalized spacial score (nSPS) is 10.3. The van der Waals surface area contributed by atoms with E-state index in [1.54, 1.807) is 24.1 Å². The molecule has 2 rings (SSSR count). The van der Waals surface area contributed by atoms with E-state index in [-0.39, 0.29) is 5.91 Å². The van der Waals surface area contributed by atoms with Gasteiger partial charge in [0.15, 0.2) is 0 Å². The van der Waals surface area contributed by atoms with Crippen LogP contribution in [-0.4, -0.2) is 23.2 Å². The van der Waals surface area contributed by atoms with Crippen molar-refractivity contribution in [3.63, 3.8) is 0 Å². The Balaban J connectivity index is 2.41. The van der Waals surface area contributed by atoms with Crippen LogP contribution in [0.4, 0.5) is 11.4 Å². The van der Waals surface area contributed by atoms with Crippen LogP contribution in [0.25, 0.3) is 0 Å². The van der Waals surface area contributed by atoms with Gasteiger partial charge in [0.25, 0.3) is 5.91 Å². The first-order valence-electron chi connectivity index (χ1n) is 6.50. The van der Waals surface area contributed by atoms with Crippen LogP contribution < -0.4 is 10.6 Å². The monoisotopic (exact) mass is 270 g/mol. The van der Waals surface area contributed by atoms with Gasteiger partial charge in [-0.25, -0.2) is 0 Å². The summed E-state index contributed by atoms with van der Waals surface area (Å²) in [5.41, 5.74) is 9.17. The fourth-order valence-electron chi connectivity index (χ4n) is 2.04. The Hall–Kier alpha value is -2.43. The second kappa shape index (κ2) is 5.69. The molecule has 1 aromatic carbocycles. The number of benzene rings is 1. The summed E-state index contributed by atoms with van der Waals surface area (Å²) in [6, 6.07) is 9.05. The van der Waals surface area contributed by atoms with Gasteiger partial charge in [-0.15, -0.1) is 0 Å². The van der Waals surface area contributed by atoms with E-state index in [1.807, 2.05) is 32.0 Å². The first kappa shape index (κ1) is 14.0. The number of hydrogen-bond acceptors (Lipinski definition) is 4. The molecule has 2 aromatic rings. The summed E-state index contributed by atoms with van der Waals surface area (Å²) in [7, 11) is 1.71. The van der Waals surface area contributed by atoms with E-state index in [4.69, 9.17) is 5.73 Å². The van der Waals surface area contributed by atoms with Crippen molar-refractivity contribution in [3.05, 3.63) is 47.3 Å². The van der Waals surface area contributed by atoms with E-state index in [0.717, 1.165) is 5.69 Å². The van der Waals surface area contributed by atoms with Gasteiger partial charge in [0.05, 0.1) is 28.3 Å². The number of nitrogens with two attached hydrogens (primary N) is 1. The zero-order valence-corrected chi connectivity index (χ0v) is 11.9. The lowest BCUT2D eigenvalue weighted by Crippen LogP contribution is -2.28. The van der Waals surface area contributed by atoms with Crippen LogP contribution in [0.1, 0.15) is 28.7 Å². The molecule has 0 unspecified atom stereocenters. The van der Waals surface area contributed by atoms with Crippen LogP contribution in [0.15, 0.2) is 30.3 Å². The molecule has 0 saturated carbocycles. The molecule has 5 nitrogen and oxygen atoms in total. The SMILES string of the molecule is CCc1nnc(C)cc1C(=O)N(C)c1ccccc1N. The number of nitrogen functional groups attached to an aromatic ring is 1.